The Hall–Kier alpha value is -0.970. The van der Waals surface area contributed by atoms with E-state index >= 15 is 0 Å². The van der Waals surface area contributed by atoms with Crippen molar-refractivity contribution in [2.45, 2.75) is 25.8 Å². The van der Waals surface area contributed by atoms with Crippen LogP contribution < -0.4 is 20.9 Å². The van der Waals surface area contributed by atoms with E-state index in [-0.39, 0.29) is 18.4 Å². The highest BCUT2D eigenvalue weighted by molar-refractivity contribution is 5.85. The molecule has 0 unspecified atom stereocenters. The fourth-order valence-electron chi connectivity index (χ4n) is 1.69. The van der Waals surface area contributed by atoms with E-state index in [1.807, 2.05) is 25.1 Å². The summed E-state index contributed by atoms with van der Waals surface area (Å²) < 4.78 is 10.7. The highest BCUT2D eigenvalue weighted by Gasteiger charge is 2.10. The average Bonchev–Trinajstić information content (AvgIpc) is 2.36. The Kier molecular flexibility index (Phi) is 8.54. The first-order valence-electron chi connectivity index (χ1n) is 5.99. The largest absolute Gasteiger partial charge is 0.493 e. The summed E-state index contributed by atoms with van der Waals surface area (Å²) in [6.07, 6.45) is 1.81. The van der Waals surface area contributed by atoms with Crippen LogP contribution in [-0.2, 0) is 0 Å². The first-order chi connectivity index (χ1) is 8.22. The van der Waals surface area contributed by atoms with E-state index < -0.39 is 0 Å². The lowest BCUT2D eigenvalue weighted by molar-refractivity contribution is 0.310. The minimum Gasteiger partial charge on any atom is -0.493 e. The summed E-state index contributed by atoms with van der Waals surface area (Å²) >= 11 is 0. The van der Waals surface area contributed by atoms with E-state index in [1.54, 1.807) is 7.11 Å². The highest BCUT2D eigenvalue weighted by Crippen LogP contribution is 2.30. The van der Waals surface area contributed by atoms with Crippen LogP contribution in [0.3, 0.4) is 0 Å². The molecule has 0 saturated heterocycles. The second-order valence-electron chi connectivity index (χ2n) is 3.88. The van der Waals surface area contributed by atoms with Crippen LogP contribution in [0, 0.1) is 0 Å². The zero-order valence-electron chi connectivity index (χ0n) is 11.0. The van der Waals surface area contributed by atoms with Crippen molar-refractivity contribution in [2.75, 3.05) is 20.3 Å². The molecule has 0 amide bonds. The molecule has 0 aromatic heterocycles. The quantitative estimate of drug-likeness (QED) is 0.800. The molecule has 0 aliphatic rings. The van der Waals surface area contributed by atoms with Crippen LogP contribution in [0.25, 0.3) is 0 Å². The van der Waals surface area contributed by atoms with Crippen molar-refractivity contribution in [3.63, 3.8) is 0 Å². The van der Waals surface area contributed by atoms with Gasteiger partial charge in [0, 0.05) is 6.04 Å². The van der Waals surface area contributed by atoms with Gasteiger partial charge in [0.15, 0.2) is 11.5 Å². The Labute approximate surface area is 115 Å². The molecule has 0 radical (unpaired) electrons. The SMILES string of the molecule is CCOc1ccc([C@H](N)CCCN)cc1OC.Cl. The highest BCUT2D eigenvalue weighted by atomic mass is 35.5. The number of hydrogen-bond acceptors (Lipinski definition) is 4. The van der Waals surface area contributed by atoms with Gasteiger partial charge in [-0.05, 0) is 44.0 Å². The predicted molar refractivity (Wildman–Crippen MR) is 76.6 cm³/mol. The first-order valence-corrected chi connectivity index (χ1v) is 5.99. The summed E-state index contributed by atoms with van der Waals surface area (Å²) in [6, 6.07) is 5.82. The van der Waals surface area contributed by atoms with Crippen LogP contribution in [0.15, 0.2) is 18.2 Å². The van der Waals surface area contributed by atoms with Crippen molar-refractivity contribution in [2.24, 2.45) is 11.5 Å². The van der Waals surface area contributed by atoms with Gasteiger partial charge in [0.2, 0.25) is 0 Å². The molecule has 0 fully saturated rings. The molecule has 0 aliphatic heterocycles. The van der Waals surface area contributed by atoms with Crippen molar-refractivity contribution in [3.8, 4) is 11.5 Å². The van der Waals surface area contributed by atoms with Crippen molar-refractivity contribution in [1.29, 1.82) is 0 Å². The van der Waals surface area contributed by atoms with Gasteiger partial charge in [0.25, 0.3) is 0 Å². The number of rotatable bonds is 7. The number of benzene rings is 1. The molecule has 1 aromatic carbocycles. The minimum absolute atomic E-state index is 0. The first kappa shape index (κ1) is 17.0. The smallest absolute Gasteiger partial charge is 0.161 e. The third-order valence-electron chi connectivity index (χ3n) is 2.63. The van der Waals surface area contributed by atoms with E-state index in [0.29, 0.717) is 13.2 Å². The van der Waals surface area contributed by atoms with E-state index in [0.717, 1.165) is 29.9 Å². The summed E-state index contributed by atoms with van der Waals surface area (Å²) in [5.74, 6) is 1.48. The zero-order valence-corrected chi connectivity index (χ0v) is 11.8. The van der Waals surface area contributed by atoms with Gasteiger partial charge in [-0.1, -0.05) is 6.07 Å². The normalized spacial score (nSPS) is 11.6. The summed E-state index contributed by atoms with van der Waals surface area (Å²) in [4.78, 5) is 0. The molecule has 18 heavy (non-hydrogen) atoms. The Bertz CT molecular complexity index is 348. The molecule has 0 spiro atoms. The second-order valence-corrected chi connectivity index (χ2v) is 3.88. The van der Waals surface area contributed by atoms with Crippen LogP contribution in [-0.4, -0.2) is 20.3 Å². The molecule has 4 nitrogen and oxygen atoms in total. The summed E-state index contributed by atoms with van der Waals surface area (Å²) in [7, 11) is 1.63. The maximum Gasteiger partial charge on any atom is 0.161 e. The standard InChI is InChI=1S/C13H22N2O2.ClH/c1-3-17-12-7-6-10(9-13(12)16-2)11(15)5-4-8-14;/h6-7,9,11H,3-5,8,14-15H2,1-2H3;1H/t11-;/m1./s1. The zero-order chi connectivity index (χ0) is 12.7. The van der Waals surface area contributed by atoms with Crippen molar-refractivity contribution in [3.05, 3.63) is 23.8 Å². The fourth-order valence-corrected chi connectivity index (χ4v) is 1.69. The number of nitrogens with two attached hydrogens (primary N) is 2. The molecule has 1 rings (SSSR count). The molecular weight excluding hydrogens is 252 g/mol. The van der Waals surface area contributed by atoms with Gasteiger partial charge in [-0.3, -0.25) is 0 Å². The summed E-state index contributed by atoms with van der Waals surface area (Å²) in [5, 5.41) is 0. The molecule has 5 heteroatoms. The van der Waals surface area contributed by atoms with Crippen LogP contribution in [0.5, 0.6) is 11.5 Å². The molecular formula is C13H23ClN2O2. The van der Waals surface area contributed by atoms with Crippen molar-refractivity contribution < 1.29 is 9.47 Å². The Morgan fingerprint density at radius 2 is 2.00 bits per heavy atom. The Balaban J connectivity index is 0.00000289. The van der Waals surface area contributed by atoms with Crippen molar-refractivity contribution in [1.82, 2.24) is 0 Å². The van der Waals surface area contributed by atoms with Crippen molar-refractivity contribution >= 4 is 12.4 Å². The molecule has 1 atom stereocenters. The Morgan fingerprint density at radius 3 is 2.56 bits per heavy atom. The molecule has 1 aromatic rings. The molecule has 4 N–H and O–H groups in total. The molecule has 0 saturated carbocycles. The third-order valence-corrected chi connectivity index (χ3v) is 2.63. The third kappa shape index (κ3) is 4.72. The Morgan fingerprint density at radius 1 is 1.28 bits per heavy atom. The molecule has 0 heterocycles. The van der Waals surface area contributed by atoms with E-state index in [9.17, 15) is 0 Å². The summed E-state index contributed by atoms with van der Waals surface area (Å²) in [6.45, 7) is 3.23. The molecule has 0 bridgehead atoms. The van der Waals surface area contributed by atoms with E-state index in [2.05, 4.69) is 0 Å². The molecule has 0 aliphatic carbocycles. The van der Waals surface area contributed by atoms with Crippen LogP contribution in [0.4, 0.5) is 0 Å². The van der Waals surface area contributed by atoms with Crippen LogP contribution in [0.1, 0.15) is 31.4 Å². The number of hydrogen-bond donors (Lipinski definition) is 2. The lowest BCUT2D eigenvalue weighted by atomic mass is 10.0. The van der Waals surface area contributed by atoms with Gasteiger partial charge >= 0.3 is 0 Å². The summed E-state index contributed by atoms with van der Waals surface area (Å²) in [5.41, 5.74) is 12.6. The number of methoxy groups -OCH3 is 1. The average molecular weight is 275 g/mol. The lowest BCUT2D eigenvalue weighted by Gasteiger charge is -2.15. The monoisotopic (exact) mass is 274 g/mol. The van der Waals surface area contributed by atoms with E-state index in [1.165, 1.54) is 0 Å². The number of ether oxygens (including phenoxy) is 2. The second kappa shape index (κ2) is 9.03. The van der Waals surface area contributed by atoms with Gasteiger partial charge in [-0.15, -0.1) is 12.4 Å². The minimum atomic E-state index is 0. The lowest BCUT2D eigenvalue weighted by Crippen LogP contribution is -2.12. The van der Waals surface area contributed by atoms with Gasteiger partial charge in [0.05, 0.1) is 13.7 Å². The maximum atomic E-state index is 6.08. The van der Waals surface area contributed by atoms with Gasteiger partial charge in [-0.2, -0.15) is 0 Å². The van der Waals surface area contributed by atoms with Crippen LogP contribution in [0.2, 0.25) is 0 Å². The van der Waals surface area contributed by atoms with Gasteiger partial charge in [-0.25, -0.2) is 0 Å². The van der Waals surface area contributed by atoms with Crippen LogP contribution >= 0.6 is 12.4 Å². The maximum absolute atomic E-state index is 6.08. The predicted octanol–water partition coefficient (Wildman–Crippen LogP) is 2.25. The number of halogens is 1. The van der Waals surface area contributed by atoms with E-state index in [4.69, 9.17) is 20.9 Å². The topological polar surface area (TPSA) is 70.5 Å². The van der Waals surface area contributed by atoms with Gasteiger partial charge < -0.3 is 20.9 Å². The molecule has 104 valence electrons. The van der Waals surface area contributed by atoms with Gasteiger partial charge in [0.1, 0.15) is 0 Å². The fraction of sp³-hybridized carbons (Fsp3) is 0.538.